The standard InChI is InChI=1S/C23H14O10/c24-19(25)10-1-3-15(22(30)31)17(8-10)12-5-13(7-14(6-12)21(28)29)18-9-11(20(26)27)2-4-16(18)23(32)33/h1-9H,(H,24,25)(H,26,27)(H,28,29)(H,30,31)(H,32,33). The maximum atomic E-state index is 11.7. The number of carboxylic acid groups (broad SMARTS) is 5. The molecule has 10 nitrogen and oxygen atoms in total. The minimum atomic E-state index is -1.42. The first-order valence-electron chi connectivity index (χ1n) is 9.10. The van der Waals surface area contributed by atoms with Gasteiger partial charge >= 0.3 is 29.8 Å². The molecule has 0 heterocycles. The van der Waals surface area contributed by atoms with E-state index in [1.54, 1.807) is 0 Å². The Hall–Kier alpha value is -4.99. The molecule has 0 spiro atoms. The fourth-order valence-corrected chi connectivity index (χ4v) is 3.27. The molecule has 0 saturated carbocycles. The zero-order chi connectivity index (χ0) is 24.4. The van der Waals surface area contributed by atoms with Crippen LogP contribution < -0.4 is 0 Å². The molecule has 0 atom stereocenters. The molecule has 3 rings (SSSR count). The molecule has 3 aromatic carbocycles. The first kappa shape index (κ1) is 22.7. The molecule has 0 radical (unpaired) electrons. The van der Waals surface area contributed by atoms with Gasteiger partial charge in [-0.15, -0.1) is 0 Å². The maximum Gasteiger partial charge on any atom is 0.336 e. The highest BCUT2D eigenvalue weighted by Crippen LogP contribution is 2.33. The molecule has 0 aliphatic rings. The Bertz CT molecular complexity index is 1260. The van der Waals surface area contributed by atoms with E-state index in [1.807, 2.05) is 0 Å². The van der Waals surface area contributed by atoms with Crippen molar-refractivity contribution in [1.29, 1.82) is 0 Å². The zero-order valence-corrected chi connectivity index (χ0v) is 16.5. The van der Waals surface area contributed by atoms with E-state index in [9.17, 15) is 49.5 Å². The topological polar surface area (TPSA) is 186 Å². The van der Waals surface area contributed by atoms with Crippen molar-refractivity contribution in [2.45, 2.75) is 0 Å². The Kier molecular flexibility index (Phi) is 5.93. The number of carboxylic acids is 5. The fourth-order valence-electron chi connectivity index (χ4n) is 3.27. The third-order valence-electron chi connectivity index (χ3n) is 4.80. The number of hydrogen-bond acceptors (Lipinski definition) is 5. The molecule has 10 heteroatoms. The minimum Gasteiger partial charge on any atom is -0.478 e. The summed E-state index contributed by atoms with van der Waals surface area (Å²) in [7, 11) is 0. The van der Waals surface area contributed by atoms with Gasteiger partial charge < -0.3 is 25.5 Å². The molecule has 0 amide bonds. The second-order valence-electron chi connectivity index (χ2n) is 6.85. The van der Waals surface area contributed by atoms with Gasteiger partial charge in [-0.2, -0.15) is 0 Å². The van der Waals surface area contributed by atoms with Crippen LogP contribution in [0.4, 0.5) is 0 Å². The molecule has 0 bridgehead atoms. The normalized spacial score (nSPS) is 10.4. The van der Waals surface area contributed by atoms with Gasteiger partial charge in [0.2, 0.25) is 0 Å². The molecule has 166 valence electrons. The average Bonchev–Trinajstić information content (AvgIpc) is 2.77. The molecule has 3 aromatic rings. The third-order valence-corrected chi connectivity index (χ3v) is 4.80. The Morgan fingerprint density at radius 3 is 1.09 bits per heavy atom. The van der Waals surface area contributed by atoms with Crippen LogP contribution in [-0.4, -0.2) is 55.4 Å². The molecule has 33 heavy (non-hydrogen) atoms. The van der Waals surface area contributed by atoms with Crippen LogP contribution in [0.25, 0.3) is 22.3 Å². The monoisotopic (exact) mass is 450 g/mol. The van der Waals surface area contributed by atoms with Crippen molar-refractivity contribution in [2.75, 3.05) is 0 Å². The SMILES string of the molecule is O=C(O)c1cc(-c2cc(C(=O)O)ccc2C(=O)O)cc(-c2cc(C(=O)O)ccc2C(=O)O)c1. The predicted octanol–water partition coefficient (Wildman–Crippen LogP) is 3.51. The Morgan fingerprint density at radius 1 is 0.424 bits per heavy atom. The second kappa shape index (κ2) is 8.63. The van der Waals surface area contributed by atoms with E-state index in [-0.39, 0.29) is 50.1 Å². The Morgan fingerprint density at radius 2 is 0.788 bits per heavy atom. The summed E-state index contributed by atoms with van der Waals surface area (Å²) in [5, 5.41) is 47.2. The molecule has 0 aliphatic carbocycles. The Labute approximate surface area is 184 Å². The number of carbonyl (C=O) groups is 5. The van der Waals surface area contributed by atoms with E-state index >= 15 is 0 Å². The van der Waals surface area contributed by atoms with Crippen LogP contribution in [0.5, 0.6) is 0 Å². The van der Waals surface area contributed by atoms with E-state index in [0.717, 1.165) is 48.5 Å². The first-order chi connectivity index (χ1) is 15.5. The van der Waals surface area contributed by atoms with Crippen molar-refractivity contribution >= 4 is 29.8 Å². The number of hydrogen-bond donors (Lipinski definition) is 5. The van der Waals surface area contributed by atoms with Gasteiger partial charge in [-0.3, -0.25) is 0 Å². The van der Waals surface area contributed by atoms with Crippen molar-refractivity contribution in [3.63, 3.8) is 0 Å². The summed E-state index contributed by atoms with van der Waals surface area (Å²) >= 11 is 0. The summed E-state index contributed by atoms with van der Waals surface area (Å²) in [6, 6.07) is 9.88. The van der Waals surface area contributed by atoms with E-state index in [0.29, 0.717) is 0 Å². The van der Waals surface area contributed by atoms with Crippen LogP contribution in [0.15, 0.2) is 54.6 Å². The largest absolute Gasteiger partial charge is 0.478 e. The van der Waals surface area contributed by atoms with Gasteiger partial charge in [0.15, 0.2) is 0 Å². The highest BCUT2D eigenvalue weighted by atomic mass is 16.4. The molecule has 0 aromatic heterocycles. The zero-order valence-electron chi connectivity index (χ0n) is 16.5. The lowest BCUT2D eigenvalue weighted by molar-refractivity contribution is 0.0681. The van der Waals surface area contributed by atoms with Crippen LogP contribution in [0, 0.1) is 0 Å². The fraction of sp³-hybridized carbons (Fsp3) is 0. The van der Waals surface area contributed by atoms with E-state index in [2.05, 4.69) is 0 Å². The van der Waals surface area contributed by atoms with Gasteiger partial charge in [-0.25, -0.2) is 24.0 Å². The van der Waals surface area contributed by atoms with Crippen molar-refractivity contribution < 1.29 is 49.5 Å². The second-order valence-corrected chi connectivity index (χ2v) is 6.85. The van der Waals surface area contributed by atoms with Crippen molar-refractivity contribution in [1.82, 2.24) is 0 Å². The smallest absolute Gasteiger partial charge is 0.336 e. The van der Waals surface area contributed by atoms with E-state index in [1.165, 1.54) is 6.07 Å². The molecule has 0 fully saturated rings. The minimum absolute atomic E-state index is 0.0116. The number of aromatic carboxylic acids is 5. The van der Waals surface area contributed by atoms with Crippen LogP contribution in [-0.2, 0) is 0 Å². The number of benzene rings is 3. The highest BCUT2D eigenvalue weighted by Gasteiger charge is 2.20. The summed E-state index contributed by atoms with van der Waals surface area (Å²) < 4.78 is 0. The summed E-state index contributed by atoms with van der Waals surface area (Å²) in [5.74, 6) is -6.91. The van der Waals surface area contributed by atoms with Crippen LogP contribution in [0.1, 0.15) is 51.8 Å². The lowest BCUT2D eigenvalue weighted by Gasteiger charge is -2.13. The lowest BCUT2D eigenvalue weighted by atomic mass is 9.90. The predicted molar refractivity (Wildman–Crippen MR) is 112 cm³/mol. The first-order valence-corrected chi connectivity index (χ1v) is 9.10. The summed E-state index contributed by atoms with van der Waals surface area (Å²) in [5.41, 5.74) is -1.73. The highest BCUT2D eigenvalue weighted by molar-refractivity contribution is 6.03. The van der Waals surface area contributed by atoms with Crippen LogP contribution >= 0.6 is 0 Å². The molecular weight excluding hydrogens is 436 g/mol. The summed E-state index contributed by atoms with van der Waals surface area (Å²) in [4.78, 5) is 57.9. The van der Waals surface area contributed by atoms with Gasteiger partial charge in [-0.1, -0.05) is 0 Å². The van der Waals surface area contributed by atoms with Gasteiger partial charge in [-0.05, 0) is 76.9 Å². The van der Waals surface area contributed by atoms with Crippen molar-refractivity contribution in [2.24, 2.45) is 0 Å². The molecule has 0 saturated heterocycles. The average molecular weight is 450 g/mol. The third kappa shape index (κ3) is 4.54. The molecule has 5 N–H and O–H groups in total. The van der Waals surface area contributed by atoms with Crippen LogP contribution in [0.3, 0.4) is 0 Å². The van der Waals surface area contributed by atoms with Crippen LogP contribution in [0.2, 0.25) is 0 Å². The molecular formula is C23H14O10. The van der Waals surface area contributed by atoms with Gasteiger partial charge in [0, 0.05) is 0 Å². The summed E-state index contributed by atoms with van der Waals surface area (Å²) in [6.45, 7) is 0. The maximum absolute atomic E-state index is 11.7. The number of rotatable bonds is 7. The molecule has 0 aliphatic heterocycles. The van der Waals surface area contributed by atoms with Gasteiger partial charge in [0.1, 0.15) is 0 Å². The van der Waals surface area contributed by atoms with E-state index < -0.39 is 29.8 Å². The van der Waals surface area contributed by atoms with Gasteiger partial charge in [0.25, 0.3) is 0 Å². The molecule has 0 unspecified atom stereocenters. The van der Waals surface area contributed by atoms with E-state index in [4.69, 9.17) is 0 Å². The van der Waals surface area contributed by atoms with Gasteiger partial charge in [0.05, 0.1) is 27.8 Å². The van der Waals surface area contributed by atoms with Crippen molar-refractivity contribution in [3.05, 3.63) is 82.4 Å². The van der Waals surface area contributed by atoms with Crippen molar-refractivity contribution in [3.8, 4) is 22.3 Å². The quantitative estimate of drug-likeness (QED) is 0.356. The Balaban J connectivity index is 2.39. The lowest BCUT2D eigenvalue weighted by Crippen LogP contribution is -2.06. The summed E-state index contributed by atoms with van der Waals surface area (Å²) in [6.07, 6.45) is 0.